The molecule has 0 saturated heterocycles. The van der Waals surface area contributed by atoms with Crippen molar-refractivity contribution in [2.75, 3.05) is 7.05 Å². The van der Waals surface area contributed by atoms with Crippen molar-refractivity contribution in [3.63, 3.8) is 0 Å². The van der Waals surface area contributed by atoms with Gasteiger partial charge in [-0.2, -0.15) is 10.2 Å². The van der Waals surface area contributed by atoms with Crippen LogP contribution in [0.1, 0.15) is 40.4 Å². The molecule has 3 rings (SSSR count). The van der Waals surface area contributed by atoms with Crippen molar-refractivity contribution in [2.45, 2.75) is 26.8 Å². The van der Waals surface area contributed by atoms with E-state index in [4.69, 9.17) is 0 Å². The predicted molar refractivity (Wildman–Crippen MR) is 97.1 cm³/mol. The zero-order valence-corrected chi connectivity index (χ0v) is 15.8. The van der Waals surface area contributed by atoms with Crippen LogP contribution in [-0.4, -0.2) is 37.8 Å². The highest BCUT2D eigenvalue weighted by Crippen LogP contribution is 2.27. The summed E-state index contributed by atoms with van der Waals surface area (Å²) in [7, 11) is 3.46. The fourth-order valence-electron chi connectivity index (χ4n) is 3.07. The van der Waals surface area contributed by atoms with Crippen molar-refractivity contribution in [3.05, 3.63) is 58.5 Å². The lowest BCUT2D eigenvalue weighted by atomic mass is 10.1. The average Bonchev–Trinajstić information content (AvgIpc) is 3.20. The standard InChI is InChI=1S/C19H21F2N5O/c1-10-18(12(3)26(5)24-10)16-9-17(23-22-16)19(27)25(4)11(2)13-6-7-14(20)15(21)8-13/h6-9,11H,1-5H3,(H,22,23). The summed E-state index contributed by atoms with van der Waals surface area (Å²) in [5.41, 5.74) is 4.10. The number of aryl methyl sites for hydroxylation is 2. The Kier molecular flexibility index (Phi) is 4.82. The second-order valence-corrected chi connectivity index (χ2v) is 6.60. The Hall–Kier alpha value is -3.03. The zero-order valence-electron chi connectivity index (χ0n) is 15.8. The Labute approximate surface area is 155 Å². The minimum atomic E-state index is -0.938. The third kappa shape index (κ3) is 3.34. The molecule has 0 saturated carbocycles. The van der Waals surface area contributed by atoms with E-state index in [1.807, 2.05) is 20.9 Å². The molecule has 1 N–H and O–H groups in total. The Morgan fingerprint density at radius 3 is 2.52 bits per heavy atom. The van der Waals surface area contributed by atoms with E-state index in [9.17, 15) is 13.6 Å². The molecular formula is C19H21F2N5O. The summed E-state index contributed by atoms with van der Waals surface area (Å²) in [4.78, 5) is 14.2. The molecule has 6 nitrogen and oxygen atoms in total. The number of aromatic amines is 1. The molecule has 0 radical (unpaired) electrons. The van der Waals surface area contributed by atoms with Gasteiger partial charge in [0.25, 0.3) is 5.91 Å². The first-order valence-electron chi connectivity index (χ1n) is 8.48. The number of carbonyl (C=O) groups is 1. The van der Waals surface area contributed by atoms with Crippen LogP contribution in [0.4, 0.5) is 8.78 Å². The van der Waals surface area contributed by atoms with Crippen molar-refractivity contribution >= 4 is 5.91 Å². The summed E-state index contributed by atoms with van der Waals surface area (Å²) in [6.07, 6.45) is 0. The summed E-state index contributed by atoms with van der Waals surface area (Å²) in [6, 6.07) is 4.86. The third-order valence-corrected chi connectivity index (χ3v) is 4.90. The number of benzene rings is 1. The molecule has 2 aromatic heterocycles. The lowest BCUT2D eigenvalue weighted by molar-refractivity contribution is 0.0736. The van der Waals surface area contributed by atoms with Crippen molar-refractivity contribution in [2.24, 2.45) is 7.05 Å². The van der Waals surface area contributed by atoms with Crippen molar-refractivity contribution in [3.8, 4) is 11.3 Å². The molecule has 1 aromatic carbocycles. The molecule has 1 amide bonds. The highest BCUT2D eigenvalue weighted by molar-refractivity contribution is 5.93. The summed E-state index contributed by atoms with van der Waals surface area (Å²) < 4.78 is 28.4. The molecule has 0 bridgehead atoms. The largest absolute Gasteiger partial charge is 0.334 e. The Morgan fingerprint density at radius 1 is 1.22 bits per heavy atom. The summed E-state index contributed by atoms with van der Waals surface area (Å²) >= 11 is 0. The summed E-state index contributed by atoms with van der Waals surface area (Å²) in [5, 5.41) is 11.4. The second-order valence-electron chi connectivity index (χ2n) is 6.60. The minimum absolute atomic E-state index is 0.301. The van der Waals surface area contributed by atoms with E-state index in [0.29, 0.717) is 17.0 Å². The number of halogens is 2. The molecule has 142 valence electrons. The number of H-pyrrole nitrogens is 1. The van der Waals surface area contributed by atoms with Crippen molar-refractivity contribution in [1.29, 1.82) is 0 Å². The van der Waals surface area contributed by atoms with Gasteiger partial charge in [0.15, 0.2) is 11.6 Å². The highest BCUT2D eigenvalue weighted by atomic mass is 19.2. The number of hydrogen-bond acceptors (Lipinski definition) is 3. The van der Waals surface area contributed by atoms with Gasteiger partial charge in [-0.05, 0) is 44.5 Å². The van der Waals surface area contributed by atoms with Crippen LogP contribution in [-0.2, 0) is 7.05 Å². The molecule has 27 heavy (non-hydrogen) atoms. The number of rotatable bonds is 4. The van der Waals surface area contributed by atoms with Crippen molar-refractivity contribution in [1.82, 2.24) is 24.9 Å². The van der Waals surface area contributed by atoms with Gasteiger partial charge in [0.2, 0.25) is 0 Å². The molecule has 2 heterocycles. The predicted octanol–water partition coefficient (Wildman–Crippen LogP) is 3.54. The van der Waals surface area contributed by atoms with E-state index in [2.05, 4.69) is 15.3 Å². The summed E-state index contributed by atoms with van der Waals surface area (Å²) in [6.45, 7) is 5.57. The van der Waals surface area contributed by atoms with E-state index in [1.165, 1.54) is 11.0 Å². The fourth-order valence-corrected chi connectivity index (χ4v) is 3.07. The van der Waals surface area contributed by atoms with Crippen molar-refractivity contribution < 1.29 is 13.6 Å². The van der Waals surface area contributed by atoms with Crippen LogP contribution < -0.4 is 0 Å². The van der Waals surface area contributed by atoms with E-state index in [0.717, 1.165) is 29.1 Å². The van der Waals surface area contributed by atoms with Crippen LogP contribution in [0.25, 0.3) is 11.3 Å². The third-order valence-electron chi connectivity index (χ3n) is 4.90. The first kappa shape index (κ1) is 18.8. The topological polar surface area (TPSA) is 66.8 Å². The van der Waals surface area contributed by atoms with Gasteiger partial charge in [-0.25, -0.2) is 8.78 Å². The average molecular weight is 373 g/mol. The lowest BCUT2D eigenvalue weighted by Gasteiger charge is -2.24. The van der Waals surface area contributed by atoms with E-state index < -0.39 is 17.7 Å². The maximum Gasteiger partial charge on any atom is 0.272 e. The maximum atomic E-state index is 13.5. The molecule has 1 atom stereocenters. The SMILES string of the molecule is Cc1nn(C)c(C)c1-c1cc(C(=O)N(C)C(C)c2ccc(F)c(F)c2)[nH]n1. The van der Waals surface area contributed by atoms with Gasteiger partial charge in [0.05, 0.1) is 17.4 Å². The Morgan fingerprint density at radius 2 is 1.93 bits per heavy atom. The number of nitrogens with one attached hydrogen (secondary N) is 1. The van der Waals surface area contributed by atoms with Crippen LogP contribution in [0.15, 0.2) is 24.3 Å². The Balaban J connectivity index is 1.85. The van der Waals surface area contributed by atoms with Crippen LogP contribution in [0.3, 0.4) is 0 Å². The van der Waals surface area contributed by atoms with Crippen LogP contribution >= 0.6 is 0 Å². The number of hydrogen-bond donors (Lipinski definition) is 1. The van der Waals surface area contributed by atoms with Gasteiger partial charge in [-0.3, -0.25) is 14.6 Å². The number of amides is 1. The monoisotopic (exact) mass is 373 g/mol. The molecule has 3 aromatic rings. The molecule has 0 spiro atoms. The van der Waals surface area contributed by atoms with Crippen LogP contribution in [0.5, 0.6) is 0 Å². The maximum absolute atomic E-state index is 13.5. The van der Waals surface area contributed by atoms with Gasteiger partial charge < -0.3 is 4.90 Å². The first-order valence-corrected chi connectivity index (χ1v) is 8.48. The quantitative estimate of drug-likeness (QED) is 0.761. The first-order chi connectivity index (χ1) is 12.7. The van der Waals surface area contributed by atoms with Crippen LogP contribution in [0.2, 0.25) is 0 Å². The highest BCUT2D eigenvalue weighted by Gasteiger charge is 2.23. The molecular weight excluding hydrogens is 352 g/mol. The van der Waals surface area contributed by atoms with Gasteiger partial charge >= 0.3 is 0 Å². The zero-order chi connectivity index (χ0) is 19.9. The summed E-state index contributed by atoms with van der Waals surface area (Å²) in [5.74, 6) is -2.16. The molecule has 0 fully saturated rings. The Bertz CT molecular complexity index is 1010. The fraction of sp³-hybridized carbons (Fsp3) is 0.316. The lowest BCUT2D eigenvalue weighted by Crippen LogP contribution is -2.30. The van der Waals surface area contributed by atoms with E-state index in [-0.39, 0.29) is 5.91 Å². The van der Waals surface area contributed by atoms with Gasteiger partial charge in [0.1, 0.15) is 5.69 Å². The molecule has 0 aliphatic carbocycles. The number of carbonyl (C=O) groups excluding carboxylic acids is 1. The second kappa shape index (κ2) is 6.94. The smallest absolute Gasteiger partial charge is 0.272 e. The van der Waals surface area contributed by atoms with E-state index >= 15 is 0 Å². The molecule has 0 aliphatic heterocycles. The van der Waals surface area contributed by atoms with Gasteiger partial charge in [-0.15, -0.1) is 0 Å². The number of aromatic nitrogens is 4. The molecule has 8 heteroatoms. The molecule has 1 unspecified atom stereocenters. The van der Waals surface area contributed by atoms with E-state index in [1.54, 1.807) is 24.7 Å². The minimum Gasteiger partial charge on any atom is -0.334 e. The van der Waals surface area contributed by atoms with Gasteiger partial charge in [-0.1, -0.05) is 6.07 Å². The molecule has 0 aliphatic rings. The normalized spacial score (nSPS) is 12.3. The van der Waals surface area contributed by atoms with Crippen LogP contribution in [0, 0.1) is 25.5 Å². The number of nitrogens with zero attached hydrogens (tertiary/aromatic N) is 4. The van der Waals surface area contributed by atoms with Gasteiger partial charge in [0, 0.05) is 25.4 Å².